The van der Waals surface area contributed by atoms with Crippen molar-refractivity contribution in [2.24, 2.45) is 11.8 Å². The summed E-state index contributed by atoms with van der Waals surface area (Å²) in [4.78, 5) is 72.9. The number of rotatable bonds is 8. The number of nitrogens with one attached hydrogen (secondary N) is 4. The lowest BCUT2D eigenvalue weighted by Crippen LogP contribution is -2.57. The standard InChI is InChI=1S/C30H46N6O6S/c1-8-18(5)24-29(41)36-12-10-11-22(36)27(40)31-14-23(37)32-20(15-42-30(6,7)9-2)25(38)33-19(13-17(3)4)28-34-21(16-43-28)26(39)35-24/h9,16-20,22,24H,2,8,10-15H2,1,3-7H3,(H,31,40)(H,32,37)(H,33,38)(H,35,39)/t18-,19+,20+,22+,24+/m1/s1. The number of amides is 5. The Labute approximate surface area is 257 Å². The average Bonchev–Trinajstić information content (AvgIpc) is 3.65. The molecule has 3 rings (SSSR count). The molecule has 0 aromatic carbocycles. The Morgan fingerprint density at radius 1 is 1.12 bits per heavy atom. The third-order valence-electron chi connectivity index (χ3n) is 7.87. The average molecular weight is 619 g/mol. The summed E-state index contributed by atoms with van der Waals surface area (Å²) in [5.41, 5.74) is -0.618. The van der Waals surface area contributed by atoms with Gasteiger partial charge in [-0.2, -0.15) is 0 Å². The summed E-state index contributed by atoms with van der Waals surface area (Å²) in [6.07, 6.45) is 3.80. The minimum absolute atomic E-state index is 0.141. The predicted molar refractivity (Wildman–Crippen MR) is 163 cm³/mol. The van der Waals surface area contributed by atoms with Crippen LogP contribution < -0.4 is 21.3 Å². The molecule has 4 N–H and O–H groups in total. The molecule has 0 unspecified atom stereocenters. The van der Waals surface area contributed by atoms with Crippen molar-refractivity contribution in [1.29, 1.82) is 0 Å². The maximum atomic E-state index is 13.7. The van der Waals surface area contributed by atoms with E-state index in [1.54, 1.807) is 25.3 Å². The van der Waals surface area contributed by atoms with Gasteiger partial charge in [-0.1, -0.05) is 40.2 Å². The number of aromatic nitrogens is 1. The van der Waals surface area contributed by atoms with Crippen molar-refractivity contribution in [2.45, 2.75) is 97.0 Å². The molecule has 12 nitrogen and oxygen atoms in total. The number of carbonyl (C=O) groups excluding carboxylic acids is 5. The molecule has 5 atom stereocenters. The lowest BCUT2D eigenvalue weighted by molar-refractivity contribution is -0.141. The monoisotopic (exact) mass is 618 g/mol. The highest BCUT2D eigenvalue weighted by Gasteiger charge is 2.40. The van der Waals surface area contributed by atoms with Crippen molar-refractivity contribution < 1.29 is 28.7 Å². The van der Waals surface area contributed by atoms with Gasteiger partial charge in [0, 0.05) is 11.9 Å². The topological polar surface area (TPSA) is 159 Å². The molecule has 3 heterocycles. The molecule has 13 heteroatoms. The third kappa shape index (κ3) is 9.09. The van der Waals surface area contributed by atoms with Crippen molar-refractivity contribution in [3.8, 4) is 0 Å². The van der Waals surface area contributed by atoms with E-state index in [4.69, 9.17) is 4.74 Å². The van der Waals surface area contributed by atoms with E-state index in [1.807, 2.05) is 27.7 Å². The van der Waals surface area contributed by atoms with Gasteiger partial charge in [0.1, 0.15) is 28.8 Å². The number of hydrogen-bond donors (Lipinski definition) is 4. The van der Waals surface area contributed by atoms with Gasteiger partial charge in [0.2, 0.25) is 23.6 Å². The van der Waals surface area contributed by atoms with Gasteiger partial charge in [-0.25, -0.2) is 4.98 Å². The van der Waals surface area contributed by atoms with Gasteiger partial charge in [-0.05, 0) is 44.9 Å². The van der Waals surface area contributed by atoms with Crippen LogP contribution in [0.4, 0.5) is 0 Å². The Balaban J connectivity index is 1.99. The molecule has 1 fully saturated rings. The molecule has 2 aliphatic heterocycles. The fourth-order valence-corrected chi connectivity index (χ4v) is 5.83. The summed E-state index contributed by atoms with van der Waals surface area (Å²) in [5.74, 6) is -2.40. The van der Waals surface area contributed by atoms with Crippen LogP contribution in [0.15, 0.2) is 18.0 Å². The number of hydrogen-bond acceptors (Lipinski definition) is 8. The molecular weight excluding hydrogens is 572 g/mol. The van der Waals surface area contributed by atoms with Gasteiger partial charge in [-0.3, -0.25) is 24.0 Å². The molecule has 2 aliphatic rings. The van der Waals surface area contributed by atoms with Crippen molar-refractivity contribution in [2.75, 3.05) is 19.7 Å². The molecule has 1 aromatic heterocycles. The maximum absolute atomic E-state index is 13.7. The molecule has 2 bridgehead atoms. The van der Waals surface area contributed by atoms with E-state index >= 15 is 0 Å². The Morgan fingerprint density at radius 2 is 1.84 bits per heavy atom. The molecule has 1 saturated heterocycles. The minimum atomic E-state index is -1.08. The quantitative estimate of drug-likeness (QED) is 0.325. The van der Waals surface area contributed by atoms with E-state index in [0.717, 1.165) is 0 Å². The molecule has 43 heavy (non-hydrogen) atoms. The number of ether oxygens (including phenoxy) is 1. The largest absolute Gasteiger partial charge is 0.369 e. The predicted octanol–water partition coefficient (Wildman–Crippen LogP) is 2.08. The van der Waals surface area contributed by atoms with Crippen LogP contribution in [0.2, 0.25) is 0 Å². The molecule has 0 spiro atoms. The van der Waals surface area contributed by atoms with Gasteiger partial charge < -0.3 is 30.9 Å². The zero-order valence-corrected chi connectivity index (χ0v) is 26.8. The SMILES string of the molecule is C=CC(C)(C)OC[C@@H]1NC(=O)CNC(=O)[C@@H]2CCCN2C(=O)[C@H]([C@H](C)CC)NC(=O)c2csc(n2)[C@H](CC(C)C)NC1=O. The molecule has 0 saturated carbocycles. The summed E-state index contributed by atoms with van der Waals surface area (Å²) in [6, 6.07) is -3.26. The maximum Gasteiger partial charge on any atom is 0.271 e. The summed E-state index contributed by atoms with van der Waals surface area (Å²) >= 11 is 1.24. The summed E-state index contributed by atoms with van der Waals surface area (Å²) in [5, 5.41) is 13.3. The third-order valence-corrected chi connectivity index (χ3v) is 8.83. The highest BCUT2D eigenvalue weighted by atomic mass is 32.1. The summed E-state index contributed by atoms with van der Waals surface area (Å²) in [6.45, 7) is 15.0. The molecule has 5 amide bonds. The first-order valence-corrected chi connectivity index (χ1v) is 15.9. The Hall–Kier alpha value is -3.32. The molecule has 238 valence electrons. The van der Waals surface area contributed by atoms with E-state index < -0.39 is 53.4 Å². The van der Waals surface area contributed by atoms with Crippen molar-refractivity contribution in [3.63, 3.8) is 0 Å². The zero-order valence-electron chi connectivity index (χ0n) is 26.0. The van der Waals surface area contributed by atoms with Crippen LogP contribution in [-0.2, 0) is 23.9 Å². The molecule has 1 aromatic rings. The second kappa shape index (κ2) is 14.9. The first kappa shape index (κ1) is 34.2. The van der Waals surface area contributed by atoms with Crippen LogP contribution in [-0.4, -0.2) is 82.8 Å². The number of fused-ring (bicyclic) bond motifs is 3. The van der Waals surface area contributed by atoms with Crippen LogP contribution in [0.1, 0.15) is 88.8 Å². The Kier molecular flexibility index (Phi) is 11.9. The van der Waals surface area contributed by atoms with Crippen molar-refractivity contribution in [1.82, 2.24) is 31.2 Å². The van der Waals surface area contributed by atoms with Crippen LogP contribution >= 0.6 is 11.3 Å². The van der Waals surface area contributed by atoms with E-state index in [2.05, 4.69) is 32.8 Å². The van der Waals surface area contributed by atoms with Crippen LogP contribution in [0, 0.1) is 11.8 Å². The first-order chi connectivity index (χ1) is 20.3. The van der Waals surface area contributed by atoms with Gasteiger partial charge in [-0.15, -0.1) is 17.9 Å². The molecular formula is C30H46N6O6S. The van der Waals surface area contributed by atoms with Crippen LogP contribution in [0.3, 0.4) is 0 Å². The van der Waals surface area contributed by atoms with E-state index in [9.17, 15) is 24.0 Å². The van der Waals surface area contributed by atoms with E-state index in [0.29, 0.717) is 37.2 Å². The highest BCUT2D eigenvalue weighted by Crippen LogP contribution is 2.26. The van der Waals surface area contributed by atoms with E-state index in [1.165, 1.54) is 16.2 Å². The summed E-state index contributed by atoms with van der Waals surface area (Å²) < 4.78 is 5.87. The fraction of sp³-hybridized carbons (Fsp3) is 0.667. The van der Waals surface area contributed by atoms with Gasteiger partial charge >= 0.3 is 0 Å². The number of nitrogens with zero attached hydrogens (tertiary/aromatic N) is 2. The van der Waals surface area contributed by atoms with E-state index in [-0.39, 0.29) is 36.6 Å². The number of carbonyl (C=O) groups is 5. The van der Waals surface area contributed by atoms with Gasteiger partial charge in [0.15, 0.2) is 0 Å². The van der Waals surface area contributed by atoms with Crippen LogP contribution in [0.25, 0.3) is 0 Å². The van der Waals surface area contributed by atoms with Crippen LogP contribution in [0.5, 0.6) is 0 Å². The zero-order chi connectivity index (χ0) is 31.9. The molecule has 0 radical (unpaired) electrons. The second-order valence-electron chi connectivity index (χ2n) is 12.2. The smallest absolute Gasteiger partial charge is 0.271 e. The number of thiazole rings is 1. The molecule has 0 aliphatic carbocycles. The van der Waals surface area contributed by atoms with Gasteiger partial charge in [0.25, 0.3) is 5.91 Å². The highest BCUT2D eigenvalue weighted by molar-refractivity contribution is 7.09. The fourth-order valence-electron chi connectivity index (χ4n) is 4.97. The minimum Gasteiger partial charge on any atom is -0.369 e. The van der Waals surface area contributed by atoms with Gasteiger partial charge in [0.05, 0.1) is 24.8 Å². The van der Waals surface area contributed by atoms with Crippen molar-refractivity contribution >= 4 is 40.9 Å². The van der Waals surface area contributed by atoms with Crippen molar-refractivity contribution in [3.05, 3.63) is 28.7 Å². The first-order valence-electron chi connectivity index (χ1n) is 15.0. The normalized spacial score (nSPS) is 25.2. The lowest BCUT2D eigenvalue weighted by Gasteiger charge is -2.31. The Morgan fingerprint density at radius 3 is 2.49 bits per heavy atom. The lowest BCUT2D eigenvalue weighted by atomic mass is 9.97. The summed E-state index contributed by atoms with van der Waals surface area (Å²) in [7, 11) is 0. The Bertz CT molecular complexity index is 1200. The second-order valence-corrected chi connectivity index (χ2v) is 13.1.